The summed E-state index contributed by atoms with van der Waals surface area (Å²) < 4.78 is 0. The van der Waals surface area contributed by atoms with E-state index in [1.54, 1.807) is 6.08 Å². The lowest BCUT2D eigenvalue weighted by molar-refractivity contribution is -0.126. The Kier molecular flexibility index (Phi) is 6.65. The third kappa shape index (κ3) is 6.43. The lowest BCUT2D eigenvalue weighted by Crippen LogP contribution is -2.24. The number of hydrazone groups is 1. The van der Waals surface area contributed by atoms with Gasteiger partial charge in [0, 0.05) is 11.9 Å². The summed E-state index contributed by atoms with van der Waals surface area (Å²) in [7, 11) is 0. The first-order chi connectivity index (χ1) is 12.0. The number of allylic oxidation sites excluding steroid dienone is 1. The highest BCUT2D eigenvalue weighted by Gasteiger charge is 2.09. The molecule has 25 heavy (non-hydrogen) atoms. The van der Waals surface area contributed by atoms with E-state index in [0.717, 1.165) is 16.7 Å². The van der Waals surface area contributed by atoms with E-state index in [1.807, 2.05) is 68.5 Å². The van der Waals surface area contributed by atoms with Crippen LogP contribution in [0.5, 0.6) is 0 Å². The molecule has 2 amide bonds. The number of nitrogens with one attached hydrogen (secondary N) is 2. The number of hydrogen-bond acceptors (Lipinski definition) is 3. The number of benzene rings is 2. The molecule has 0 saturated heterocycles. The van der Waals surface area contributed by atoms with E-state index in [0.29, 0.717) is 5.69 Å². The monoisotopic (exact) mass is 335 g/mol. The Morgan fingerprint density at radius 3 is 2.48 bits per heavy atom. The fraction of sp³-hybridized carbons (Fsp3) is 0.150. The van der Waals surface area contributed by atoms with Crippen molar-refractivity contribution in [3.8, 4) is 0 Å². The molecule has 0 spiro atoms. The Morgan fingerprint density at radius 1 is 1.00 bits per heavy atom. The summed E-state index contributed by atoms with van der Waals surface area (Å²) in [6.07, 6.45) is 4.76. The Balaban J connectivity index is 1.75. The molecule has 2 rings (SSSR count). The van der Waals surface area contributed by atoms with Gasteiger partial charge in [0.25, 0.3) is 0 Å². The van der Waals surface area contributed by atoms with E-state index in [9.17, 15) is 9.59 Å². The molecule has 0 fully saturated rings. The molecule has 0 aliphatic carbocycles. The number of rotatable bonds is 6. The second-order valence-corrected chi connectivity index (χ2v) is 5.61. The normalized spacial score (nSPS) is 11.0. The van der Waals surface area contributed by atoms with Gasteiger partial charge in [-0.1, -0.05) is 42.5 Å². The summed E-state index contributed by atoms with van der Waals surface area (Å²) in [4.78, 5) is 23.5. The maximum atomic E-state index is 11.9. The highest BCUT2D eigenvalue weighted by Crippen LogP contribution is 2.14. The van der Waals surface area contributed by atoms with Gasteiger partial charge in [-0.25, -0.2) is 5.43 Å². The highest BCUT2D eigenvalue weighted by molar-refractivity contribution is 6.03. The molecular weight excluding hydrogens is 314 g/mol. The van der Waals surface area contributed by atoms with Gasteiger partial charge in [-0.3, -0.25) is 9.59 Å². The summed E-state index contributed by atoms with van der Waals surface area (Å²) in [6.45, 7) is 3.97. The van der Waals surface area contributed by atoms with E-state index in [1.165, 1.54) is 6.21 Å². The van der Waals surface area contributed by atoms with E-state index in [4.69, 9.17) is 0 Å². The predicted octanol–water partition coefficient (Wildman–Crippen LogP) is 3.45. The minimum Gasteiger partial charge on any atom is -0.326 e. The van der Waals surface area contributed by atoms with Crippen molar-refractivity contribution in [3.63, 3.8) is 0 Å². The fourth-order valence-corrected chi connectivity index (χ4v) is 2.08. The van der Waals surface area contributed by atoms with Crippen LogP contribution in [-0.2, 0) is 9.59 Å². The van der Waals surface area contributed by atoms with Crippen LogP contribution in [-0.4, -0.2) is 18.0 Å². The third-order valence-electron chi connectivity index (χ3n) is 3.55. The first kappa shape index (κ1) is 18.1. The third-order valence-corrected chi connectivity index (χ3v) is 3.55. The molecular formula is C20H21N3O2. The molecule has 5 nitrogen and oxygen atoms in total. The largest absolute Gasteiger partial charge is 0.326 e. The smallest absolute Gasteiger partial charge is 0.249 e. The molecule has 0 aromatic heterocycles. The van der Waals surface area contributed by atoms with Crippen LogP contribution in [0.3, 0.4) is 0 Å². The van der Waals surface area contributed by atoms with Gasteiger partial charge in [0.05, 0.1) is 0 Å². The van der Waals surface area contributed by atoms with Crippen molar-refractivity contribution in [2.45, 2.75) is 20.3 Å². The molecule has 0 saturated carbocycles. The van der Waals surface area contributed by atoms with Crippen LogP contribution < -0.4 is 10.7 Å². The molecule has 0 aliphatic rings. The van der Waals surface area contributed by atoms with Crippen molar-refractivity contribution in [2.75, 3.05) is 5.32 Å². The van der Waals surface area contributed by atoms with Crippen LogP contribution in [0.25, 0.3) is 6.08 Å². The van der Waals surface area contributed by atoms with Crippen molar-refractivity contribution in [1.82, 2.24) is 5.43 Å². The Morgan fingerprint density at radius 2 is 1.76 bits per heavy atom. The number of hydrogen-bond donors (Lipinski definition) is 2. The van der Waals surface area contributed by atoms with Crippen molar-refractivity contribution >= 4 is 29.8 Å². The lowest BCUT2D eigenvalue weighted by atomic mass is 10.1. The van der Waals surface area contributed by atoms with Crippen molar-refractivity contribution in [2.24, 2.45) is 5.10 Å². The van der Waals surface area contributed by atoms with Gasteiger partial charge in [0.15, 0.2) is 0 Å². The zero-order valence-corrected chi connectivity index (χ0v) is 14.3. The van der Waals surface area contributed by atoms with Gasteiger partial charge in [-0.15, -0.1) is 0 Å². The minimum atomic E-state index is -0.467. The molecule has 0 radical (unpaired) electrons. The molecule has 0 heterocycles. The lowest BCUT2D eigenvalue weighted by Gasteiger charge is -2.07. The number of anilines is 1. The topological polar surface area (TPSA) is 70.6 Å². The number of carbonyl (C=O) groups excluding carboxylic acids is 2. The van der Waals surface area contributed by atoms with Crippen LogP contribution in [0.4, 0.5) is 5.69 Å². The highest BCUT2D eigenvalue weighted by atomic mass is 16.2. The Hall–Kier alpha value is -3.21. The predicted molar refractivity (Wildman–Crippen MR) is 101 cm³/mol. The molecule has 0 unspecified atom stereocenters. The SMILES string of the molecule is Cc1ccc(NC(=O)CC(=O)NN=CC=Cc2ccccc2)cc1C. The van der Waals surface area contributed by atoms with Crippen LogP contribution in [0.2, 0.25) is 0 Å². The van der Waals surface area contributed by atoms with Crippen LogP contribution >= 0.6 is 0 Å². The summed E-state index contributed by atoms with van der Waals surface area (Å²) in [5.41, 5.74) is 6.26. The molecule has 0 aliphatic heterocycles. The van der Waals surface area contributed by atoms with Crippen molar-refractivity contribution in [3.05, 3.63) is 71.3 Å². The Labute approximate surface area is 147 Å². The summed E-state index contributed by atoms with van der Waals surface area (Å²) in [5.74, 6) is -0.846. The molecule has 2 aromatic carbocycles. The molecule has 2 N–H and O–H groups in total. The molecule has 5 heteroatoms. The van der Waals surface area contributed by atoms with E-state index < -0.39 is 5.91 Å². The van der Waals surface area contributed by atoms with Gasteiger partial charge in [-0.05, 0) is 48.7 Å². The maximum absolute atomic E-state index is 11.9. The van der Waals surface area contributed by atoms with Crippen LogP contribution in [0.1, 0.15) is 23.1 Å². The first-order valence-corrected chi connectivity index (χ1v) is 7.95. The fourth-order valence-electron chi connectivity index (χ4n) is 2.08. The molecule has 128 valence electrons. The standard InChI is InChI=1S/C20H21N3O2/c1-15-10-11-18(13-16(15)2)22-19(24)14-20(25)23-21-12-6-9-17-7-4-3-5-8-17/h3-13H,14H2,1-2H3,(H,22,24)(H,23,25). The van der Waals surface area contributed by atoms with Crippen LogP contribution in [0.15, 0.2) is 59.7 Å². The number of carbonyl (C=O) groups is 2. The summed E-state index contributed by atoms with van der Waals surface area (Å²) >= 11 is 0. The van der Waals surface area contributed by atoms with Gasteiger partial charge in [0.2, 0.25) is 11.8 Å². The second kappa shape index (κ2) is 9.17. The maximum Gasteiger partial charge on any atom is 0.249 e. The number of amides is 2. The van der Waals surface area contributed by atoms with Gasteiger partial charge < -0.3 is 5.32 Å². The second-order valence-electron chi connectivity index (χ2n) is 5.61. The number of aryl methyl sites for hydroxylation is 2. The Bertz CT molecular complexity index is 796. The van der Waals surface area contributed by atoms with E-state index in [-0.39, 0.29) is 12.3 Å². The van der Waals surface area contributed by atoms with E-state index in [2.05, 4.69) is 15.8 Å². The summed E-state index contributed by atoms with van der Waals surface area (Å²) in [6, 6.07) is 15.3. The first-order valence-electron chi connectivity index (χ1n) is 7.95. The molecule has 2 aromatic rings. The summed E-state index contributed by atoms with van der Waals surface area (Å²) in [5, 5.41) is 6.48. The zero-order chi connectivity index (χ0) is 18.1. The minimum absolute atomic E-state index is 0.285. The average Bonchev–Trinajstić information content (AvgIpc) is 2.58. The van der Waals surface area contributed by atoms with Crippen molar-refractivity contribution < 1.29 is 9.59 Å². The van der Waals surface area contributed by atoms with Crippen molar-refractivity contribution in [1.29, 1.82) is 0 Å². The van der Waals surface area contributed by atoms with Gasteiger partial charge >= 0.3 is 0 Å². The molecule has 0 bridgehead atoms. The van der Waals surface area contributed by atoms with Gasteiger partial charge in [-0.2, -0.15) is 5.10 Å². The number of nitrogens with zero attached hydrogens (tertiary/aromatic N) is 1. The molecule has 0 atom stereocenters. The zero-order valence-electron chi connectivity index (χ0n) is 14.3. The van der Waals surface area contributed by atoms with Gasteiger partial charge in [0.1, 0.15) is 6.42 Å². The van der Waals surface area contributed by atoms with E-state index >= 15 is 0 Å². The quantitative estimate of drug-likeness (QED) is 0.482. The van der Waals surface area contributed by atoms with Crippen LogP contribution in [0, 0.1) is 13.8 Å². The average molecular weight is 335 g/mol.